The largest absolute Gasteiger partial charge is 0.405 e. The number of nitrogens with one attached hydrogen (secondary N) is 1. The zero-order valence-corrected chi connectivity index (χ0v) is 11.1. The maximum absolute atomic E-state index is 11.9. The number of hydrogen-bond donors (Lipinski definition) is 2. The zero-order valence-electron chi connectivity index (χ0n) is 11.1. The second-order valence-corrected chi connectivity index (χ2v) is 4.52. The van der Waals surface area contributed by atoms with E-state index in [1.807, 2.05) is 6.92 Å². The van der Waals surface area contributed by atoms with Gasteiger partial charge in [-0.05, 0) is 18.9 Å². The Morgan fingerprint density at radius 2 is 1.95 bits per heavy atom. The van der Waals surface area contributed by atoms with Crippen LogP contribution < -0.4 is 11.1 Å². The van der Waals surface area contributed by atoms with Crippen LogP contribution >= 0.6 is 0 Å². The summed E-state index contributed by atoms with van der Waals surface area (Å²) in [6.45, 7) is 0.580. The molecule has 1 unspecified atom stereocenters. The maximum Gasteiger partial charge on any atom is 0.405 e. The van der Waals surface area contributed by atoms with Crippen LogP contribution in [0.25, 0.3) is 0 Å². The van der Waals surface area contributed by atoms with Crippen molar-refractivity contribution in [2.24, 2.45) is 11.7 Å². The number of amides is 2. The second kappa shape index (κ2) is 7.98. The van der Waals surface area contributed by atoms with E-state index in [2.05, 4.69) is 0 Å². The Morgan fingerprint density at radius 1 is 1.37 bits per heavy atom. The van der Waals surface area contributed by atoms with E-state index in [4.69, 9.17) is 5.73 Å². The van der Waals surface area contributed by atoms with Crippen LogP contribution in [0, 0.1) is 5.92 Å². The fourth-order valence-corrected chi connectivity index (χ4v) is 1.24. The van der Waals surface area contributed by atoms with Crippen molar-refractivity contribution in [3.8, 4) is 0 Å². The first kappa shape index (κ1) is 17.7. The van der Waals surface area contributed by atoms with Crippen LogP contribution in [0.2, 0.25) is 0 Å². The van der Waals surface area contributed by atoms with Crippen molar-refractivity contribution in [1.82, 2.24) is 10.2 Å². The van der Waals surface area contributed by atoms with E-state index in [-0.39, 0.29) is 24.8 Å². The lowest BCUT2D eigenvalue weighted by atomic mass is 10.1. The van der Waals surface area contributed by atoms with Crippen molar-refractivity contribution < 1.29 is 22.8 Å². The first-order valence-corrected chi connectivity index (χ1v) is 5.93. The molecule has 0 bridgehead atoms. The van der Waals surface area contributed by atoms with Crippen molar-refractivity contribution in [2.75, 3.05) is 26.7 Å². The molecule has 0 heterocycles. The van der Waals surface area contributed by atoms with E-state index in [9.17, 15) is 22.8 Å². The van der Waals surface area contributed by atoms with Gasteiger partial charge in [0.25, 0.3) is 0 Å². The van der Waals surface area contributed by atoms with Gasteiger partial charge in [0.2, 0.25) is 11.8 Å². The molecule has 0 aliphatic heterocycles. The lowest BCUT2D eigenvalue weighted by Gasteiger charge is -2.18. The van der Waals surface area contributed by atoms with Gasteiger partial charge in [-0.15, -0.1) is 0 Å². The minimum absolute atomic E-state index is 0.191. The highest BCUT2D eigenvalue weighted by Crippen LogP contribution is 2.12. The van der Waals surface area contributed by atoms with E-state index in [1.165, 1.54) is 7.05 Å². The van der Waals surface area contributed by atoms with Gasteiger partial charge in [-0.25, -0.2) is 0 Å². The molecule has 19 heavy (non-hydrogen) atoms. The molecule has 0 rings (SSSR count). The highest BCUT2D eigenvalue weighted by Gasteiger charge is 2.28. The minimum Gasteiger partial charge on any atom is -0.345 e. The third-order valence-electron chi connectivity index (χ3n) is 2.55. The quantitative estimate of drug-likeness (QED) is 0.714. The predicted octanol–water partition coefficient (Wildman–Crippen LogP) is 0.498. The van der Waals surface area contributed by atoms with Crippen LogP contribution in [0.3, 0.4) is 0 Å². The monoisotopic (exact) mass is 283 g/mol. The number of carbonyl (C=O) groups is 2. The summed E-state index contributed by atoms with van der Waals surface area (Å²) in [4.78, 5) is 23.9. The van der Waals surface area contributed by atoms with E-state index in [0.29, 0.717) is 13.0 Å². The summed E-state index contributed by atoms with van der Waals surface area (Å²) in [5.74, 6) is -0.932. The Morgan fingerprint density at radius 3 is 2.42 bits per heavy atom. The number of nitrogens with two attached hydrogens (primary N) is 1. The van der Waals surface area contributed by atoms with Gasteiger partial charge >= 0.3 is 6.18 Å². The Bertz CT molecular complexity index is 308. The standard InChI is InChI=1S/C11H20F3N3O2/c1-8(5-15)3-4-10(19)17(2)6-9(18)16-7-11(12,13)14/h8H,3-7,15H2,1-2H3,(H,16,18). The molecule has 0 aliphatic carbocycles. The van der Waals surface area contributed by atoms with Gasteiger partial charge in [-0.3, -0.25) is 9.59 Å². The van der Waals surface area contributed by atoms with Gasteiger partial charge in [0.1, 0.15) is 6.54 Å². The van der Waals surface area contributed by atoms with Crippen LogP contribution in [0.1, 0.15) is 19.8 Å². The molecular weight excluding hydrogens is 263 g/mol. The first-order chi connectivity index (χ1) is 8.65. The Hall–Kier alpha value is -1.31. The van der Waals surface area contributed by atoms with Crippen LogP contribution in [-0.2, 0) is 9.59 Å². The van der Waals surface area contributed by atoms with E-state index < -0.39 is 18.6 Å². The molecule has 5 nitrogen and oxygen atoms in total. The number of halogens is 3. The molecule has 1 atom stereocenters. The van der Waals surface area contributed by atoms with Gasteiger partial charge in [0.15, 0.2) is 0 Å². The molecule has 0 saturated carbocycles. The van der Waals surface area contributed by atoms with Gasteiger partial charge in [0.05, 0.1) is 6.54 Å². The lowest BCUT2D eigenvalue weighted by molar-refractivity contribution is -0.141. The van der Waals surface area contributed by atoms with Crippen molar-refractivity contribution in [2.45, 2.75) is 25.9 Å². The molecule has 2 amide bonds. The number of hydrogen-bond acceptors (Lipinski definition) is 3. The predicted molar refractivity (Wildman–Crippen MR) is 64.2 cm³/mol. The number of likely N-dealkylation sites (N-methyl/N-ethyl adjacent to an activating group) is 1. The highest BCUT2D eigenvalue weighted by molar-refractivity contribution is 5.84. The summed E-state index contributed by atoms with van der Waals surface area (Å²) in [7, 11) is 1.38. The minimum atomic E-state index is -4.45. The molecule has 0 aliphatic rings. The third kappa shape index (κ3) is 9.29. The van der Waals surface area contributed by atoms with Crippen molar-refractivity contribution in [1.29, 1.82) is 0 Å². The van der Waals surface area contributed by atoms with Crippen LogP contribution in [0.15, 0.2) is 0 Å². The molecule has 8 heteroatoms. The van der Waals surface area contributed by atoms with E-state index >= 15 is 0 Å². The summed E-state index contributed by atoms with van der Waals surface area (Å²) in [6.07, 6.45) is -3.64. The van der Waals surface area contributed by atoms with Crippen molar-refractivity contribution >= 4 is 11.8 Å². The summed E-state index contributed by atoms with van der Waals surface area (Å²) in [5.41, 5.74) is 5.40. The SMILES string of the molecule is CC(CN)CCC(=O)N(C)CC(=O)NCC(F)(F)F. The molecule has 112 valence electrons. The normalized spacial score (nSPS) is 12.9. The number of carbonyl (C=O) groups excluding carboxylic acids is 2. The van der Waals surface area contributed by atoms with Gasteiger partial charge in [-0.1, -0.05) is 6.92 Å². The fourth-order valence-electron chi connectivity index (χ4n) is 1.24. The Labute approximate surface area is 110 Å². The molecule has 0 aromatic heterocycles. The summed E-state index contributed by atoms with van der Waals surface area (Å²) in [6, 6.07) is 0. The lowest BCUT2D eigenvalue weighted by Crippen LogP contribution is -2.41. The maximum atomic E-state index is 11.9. The van der Waals surface area contributed by atoms with Crippen molar-refractivity contribution in [3.63, 3.8) is 0 Å². The molecular formula is C11H20F3N3O2. The average molecular weight is 283 g/mol. The molecule has 0 aromatic rings. The van der Waals surface area contributed by atoms with Crippen LogP contribution in [0.4, 0.5) is 13.2 Å². The molecule has 0 aromatic carbocycles. The van der Waals surface area contributed by atoms with Gasteiger partial charge < -0.3 is 16.0 Å². The number of alkyl halides is 3. The molecule has 0 radical (unpaired) electrons. The van der Waals surface area contributed by atoms with E-state index in [0.717, 1.165) is 4.90 Å². The zero-order chi connectivity index (χ0) is 15.1. The van der Waals surface area contributed by atoms with Crippen LogP contribution in [0.5, 0.6) is 0 Å². The molecule has 3 N–H and O–H groups in total. The molecule has 0 fully saturated rings. The topological polar surface area (TPSA) is 75.4 Å². The Kier molecular flexibility index (Phi) is 7.43. The summed E-state index contributed by atoms with van der Waals surface area (Å²) in [5, 5.41) is 1.71. The number of rotatable bonds is 7. The summed E-state index contributed by atoms with van der Waals surface area (Å²) < 4.78 is 35.6. The van der Waals surface area contributed by atoms with Gasteiger partial charge in [0, 0.05) is 13.5 Å². The molecule has 0 saturated heterocycles. The second-order valence-electron chi connectivity index (χ2n) is 4.52. The smallest absolute Gasteiger partial charge is 0.345 e. The van der Waals surface area contributed by atoms with Gasteiger partial charge in [-0.2, -0.15) is 13.2 Å². The Balaban J connectivity index is 3.98. The average Bonchev–Trinajstić information content (AvgIpc) is 2.31. The fraction of sp³-hybridized carbons (Fsp3) is 0.818. The number of nitrogens with zero attached hydrogens (tertiary/aromatic N) is 1. The van der Waals surface area contributed by atoms with E-state index in [1.54, 1.807) is 5.32 Å². The molecule has 0 spiro atoms. The third-order valence-corrected chi connectivity index (χ3v) is 2.55. The van der Waals surface area contributed by atoms with Crippen molar-refractivity contribution in [3.05, 3.63) is 0 Å². The highest BCUT2D eigenvalue weighted by atomic mass is 19.4. The first-order valence-electron chi connectivity index (χ1n) is 5.93. The summed E-state index contributed by atoms with van der Waals surface area (Å²) >= 11 is 0. The van der Waals surface area contributed by atoms with Crippen LogP contribution in [-0.4, -0.2) is 49.6 Å².